The Kier molecular flexibility index (Phi) is 2.93. The zero-order valence-electron chi connectivity index (χ0n) is 11.8. The number of aromatic nitrogens is 2. The minimum absolute atomic E-state index is 0.167. The smallest absolute Gasteiger partial charge is 0.153 e. The molecule has 3 N–H and O–H groups in total. The molecule has 18 heavy (non-hydrogen) atoms. The molecule has 0 aliphatic carbocycles. The van der Waals surface area contributed by atoms with Crippen molar-refractivity contribution >= 4 is 5.82 Å². The van der Waals surface area contributed by atoms with Crippen LogP contribution in [0.5, 0.6) is 0 Å². The molecule has 3 nitrogen and oxygen atoms in total. The van der Waals surface area contributed by atoms with Crippen LogP contribution in [0, 0.1) is 13.8 Å². The third kappa shape index (κ3) is 2.13. The van der Waals surface area contributed by atoms with Crippen molar-refractivity contribution in [3.63, 3.8) is 0 Å². The number of aryl methyl sites for hydroxylation is 2. The van der Waals surface area contributed by atoms with Crippen LogP contribution in [-0.2, 0) is 5.41 Å². The van der Waals surface area contributed by atoms with Crippen molar-refractivity contribution in [2.24, 2.45) is 0 Å². The number of nitrogen functional groups attached to an aromatic ring is 1. The molecule has 0 bridgehead atoms. The van der Waals surface area contributed by atoms with Gasteiger partial charge in [-0.1, -0.05) is 39.0 Å². The van der Waals surface area contributed by atoms with Crippen molar-refractivity contribution in [2.75, 3.05) is 5.73 Å². The van der Waals surface area contributed by atoms with Gasteiger partial charge in [-0.05, 0) is 36.0 Å². The number of anilines is 1. The van der Waals surface area contributed by atoms with E-state index in [4.69, 9.17) is 5.73 Å². The Labute approximate surface area is 108 Å². The van der Waals surface area contributed by atoms with Crippen LogP contribution in [0.4, 0.5) is 5.82 Å². The van der Waals surface area contributed by atoms with Gasteiger partial charge in [-0.15, -0.1) is 0 Å². The van der Waals surface area contributed by atoms with Crippen molar-refractivity contribution in [3.05, 3.63) is 35.0 Å². The molecule has 0 radical (unpaired) electrons. The van der Waals surface area contributed by atoms with Crippen molar-refractivity contribution in [2.45, 2.75) is 40.0 Å². The van der Waals surface area contributed by atoms with E-state index < -0.39 is 0 Å². The quantitative estimate of drug-likeness (QED) is 0.804. The maximum atomic E-state index is 5.92. The Bertz CT molecular complexity index is 554. The predicted molar refractivity (Wildman–Crippen MR) is 76.6 cm³/mol. The van der Waals surface area contributed by atoms with Gasteiger partial charge in [0, 0.05) is 11.3 Å². The number of nitrogens with two attached hydrogens (primary N) is 1. The summed E-state index contributed by atoms with van der Waals surface area (Å²) in [5, 5.41) is 6.99. The number of benzene rings is 1. The molecule has 2 aromatic rings. The highest BCUT2D eigenvalue weighted by Gasteiger charge is 2.17. The van der Waals surface area contributed by atoms with Gasteiger partial charge < -0.3 is 5.73 Å². The zero-order valence-corrected chi connectivity index (χ0v) is 11.8. The summed E-state index contributed by atoms with van der Waals surface area (Å²) in [5.74, 6) is 0.569. The first-order valence-corrected chi connectivity index (χ1v) is 6.22. The number of H-pyrrole nitrogens is 1. The van der Waals surface area contributed by atoms with Crippen LogP contribution in [0.25, 0.3) is 11.1 Å². The summed E-state index contributed by atoms with van der Waals surface area (Å²) in [4.78, 5) is 0. The summed E-state index contributed by atoms with van der Waals surface area (Å²) in [5.41, 5.74) is 11.9. The number of nitrogens with zero attached hydrogens (tertiary/aromatic N) is 1. The number of hydrogen-bond acceptors (Lipinski definition) is 2. The zero-order chi connectivity index (χ0) is 13.5. The molecular formula is C15H21N3. The first-order chi connectivity index (χ1) is 8.30. The fraction of sp³-hybridized carbons (Fsp3) is 0.400. The fourth-order valence-electron chi connectivity index (χ4n) is 2.20. The van der Waals surface area contributed by atoms with Crippen LogP contribution < -0.4 is 5.73 Å². The molecule has 0 spiro atoms. The molecule has 0 unspecified atom stereocenters. The van der Waals surface area contributed by atoms with Gasteiger partial charge >= 0.3 is 0 Å². The van der Waals surface area contributed by atoms with E-state index in [1.807, 2.05) is 6.92 Å². The Balaban J connectivity index is 2.55. The highest BCUT2D eigenvalue weighted by Crippen LogP contribution is 2.33. The molecule has 0 aliphatic heterocycles. The second-order valence-corrected chi connectivity index (χ2v) is 5.89. The number of aromatic amines is 1. The highest BCUT2D eigenvalue weighted by molar-refractivity contribution is 5.78. The topological polar surface area (TPSA) is 54.7 Å². The Morgan fingerprint density at radius 1 is 1.17 bits per heavy atom. The van der Waals surface area contributed by atoms with E-state index in [1.54, 1.807) is 0 Å². The lowest BCUT2D eigenvalue weighted by atomic mass is 9.84. The summed E-state index contributed by atoms with van der Waals surface area (Å²) < 4.78 is 0. The molecule has 2 rings (SSSR count). The molecule has 0 amide bonds. The van der Waals surface area contributed by atoms with Gasteiger partial charge in [-0.25, -0.2) is 0 Å². The molecule has 0 saturated carbocycles. The standard InChI is InChI=1S/C15H21N3/c1-9-8-11(15(3,4)5)6-7-12(9)13-10(2)17-18-14(13)16/h6-8H,1-5H3,(H3,16,17,18). The first-order valence-electron chi connectivity index (χ1n) is 6.22. The summed E-state index contributed by atoms with van der Waals surface area (Å²) in [6.07, 6.45) is 0. The van der Waals surface area contributed by atoms with E-state index >= 15 is 0 Å². The number of nitrogens with one attached hydrogen (secondary N) is 1. The molecule has 0 aliphatic rings. The van der Waals surface area contributed by atoms with Crippen molar-refractivity contribution in [1.29, 1.82) is 0 Å². The lowest BCUT2D eigenvalue weighted by Gasteiger charge is -2.20. The Morgan fingerprint density at radius 3 is 2.28 bits per heavy atom. The number of hydrogen-bond donors (Lipinski definition) is 2. The SMILES string of the molecule is Cc1cc(C(C)(C)C)ccc1-c1c(N)n[nH]c1C. The van der Waals surface area contributed by atoms with Crippen LogP contribution in [0.3, 0.4) is 0 Å². The van der Waals surface area contributed by atoms with Gasteiger partial charge in [0.1, 0.15) is 0 Å². The first kappa shape index (κ1) is 12.7. The van der Waals surface area contributed by atoms with E-state index in [-0.39, 0.29) is 5.41 Å². The van der Waals surface area contributed by atoms with Crippen LogP contribution in [0.1, 0.15) is 37.6 Å². The minimum Gasteiger partial charge on any atom is -0.382 e. The second kappa shape index (κ2) is 4.16. The van der Waals surface area contributed by atoms with Crippen LogP contribution in [0.2, 0.25) is 0 Å². The van der Waals surface area contributed by atoms with Crippen molar-refractivity contribution < 1.29 is 0 Å². The van der Waals surface area contributed by atoms with E-state index in [0.717, 1.165) is 16.8 Å². The van der Waals surface area contributed by atoms with Gasteiger partial charge in [0.25, 0.3) is 0 Å². The molecule has 0 fully saturated rings. The molecule has 1 heterocycles. The van der Waals surface area contributed by atoms with E-state index in [9.17, 15) is 0 Å². The summed E-state index contributed by atoms with van der Waals surface area (Å²) in [7, 11) is 0. The highest BCUT2D eigenvalue weighted by atomic mass is 15.2. The molecule has 1 aromatic heterocycles. The average molecular weight is 243 g/mol. The van der Waals surface area contributed by atoms with E-state index in [2.05, 4.69) is 56.1 Å². The lowest BCUT2D eigenvalue weighted by molar-refractivity contribution is 0.590. The third-order valence-electron chi connectivity index (χ3n) is 3.34. The molecule has 1 aromatic carbocycles. The van der Waals surface area contributed by atoms with E-state index in [0.29, 0.717) is 5.82 Å². The minimum atomic E-state index is 0.167. The van der Waals surface area contributed by atoms with Crippen molar-refractivity contribution in [1.82, 2.24) is 10.2 Å². The largest absolute Gasteiger partial charge is 0.382 e. The van der Waals surface area contributed by atoms with Gasteiger partial charge in [0.2, 0.25) is 0 Å². The summed E-state index contributed by atoms with van der Waals surface area (Å²) >= 11 is 0. The van der Waals surface area contributed by atoms with Gasteiger partial charge in [-0.2, -0.15) is 5.10 Å². The number of rotatable bonds is 1. The van der Waals surface area contributed by atoms with Crippen LogP contribution in [-0.4, -0.2) is 10.2 Å². The molecule has 96 valence electrons. The third-order valence-corrected chi connectivity index (χ3v) is 3.34. The molecule has 0 saturated heterocycles. The van der Waals surface area contributed by atoms with Gasteiger partial charge in [-0.3, -0.25) is 5.10 Å². The van der Waals surface area contributed by atoms with Crippen LogP contribution >= 0.6 is 0 Å². The molecular weight excluding hydrogens is 222 g/mol. The summed E-state index contributed by atoms with van der Waals surface area (Å²) in [6.45, 7) is 10.8. The predicted octanol–water partition coefficient (Wildman–Crippen LogP) is 3.57. The monoisotopic (exact) mass is 243 g/mol. The average Bonchev–Trinajstić information content (AvgIpc) is 2.58. The fourth-order valence-corrected chi connectivity index (χ4v) is 2.20. The normalized spacial score (nSPS) is 11.8. The van der Waals surface area contributed by atoms with Gasteiger partial charge in [0.15, 0.2) is 5.82 Å². The molecule has 0 atom stereocenters. The second-order valence-electron chi connectivity index (χ2n) is 5.89. The maximum absolute atomic E-state index is 5.92. The van der Waals surface area contributed by atoms with Crippen LogP contribution in [0.15, 0.2) is 18.2 Å². The van der Waals surface area contributed by atoms with Crippen molar-refractivity contribution in [3.8, 4) is 11.1 Å². The van der Waals surface area contributed by atoms with E-state index in [1.165, 1.54) is 11.1 Å². The lowest BCUT2D eigenvalue weighted by Crippen LogP contribution is -2.11. The Hall–Kier alpha value is -1.77. The Morgan fingerprint density at radius 2 is 1.83 bits per heavy atom. The van der Waals surface area contributed by atoms with Gasteiger partial charge in [0.05, 0.1) is 0 Å². The maximum Gasteiger partial charge on any atom is 0.153 e. The summed E-state index contributed by atoms with van der Waals surface area (Å²) in [6, 6.07) is 6.56. The molecule has 3 heteroatoms.